The molecule has 1 atom stereocenters. The number of hydrogen-bond donors (Lipinski definition) is 1. The number of methoxy groups -OCH3 is 2. The third-order valence-corrected chi connectivity index (χ3v) is 5.08. The molecule has 1 heterocycles. The van der Waals surface area contributed by atoms with Crippen LogP contribution in [0.3, 0.4) is 0 Å². The number of carbonyl (C=O) groups excluding carboxylic acids is 1. The maximum Gasteiger partial charge on any atom is 0.251 e. The molecule has 150 valence electrons. The Morgan fingerprint density at radius 3 is 2.68 bits per heavy atom. The lowest BCUT2D eigenvalue weighted by Crippen LogP contribution is -2.32. The van der Waals surface area contributed by atoms with Crippen molar-refractivity contribution in [3.8, 4) is 11.5 Å². The quantitative estimate of drug-likeness (QED) is 0.675. The summed E-state index contributed by atoms with van der Waals surface area (Å²) in [5.74, 6) is 1.18. The molecular weight excluding hydrogens is 378 g/mol. The van der Waals surface area contributed by atoms with Crippen molar-refractivity contribution < 1.29 is 19.0 Å². The number of halogens is 1. The number of fused-ring (bicyclic) bond motifs is 1. The van der Waals surface area contributed by atoms with Crippen LogP contribution in [0.2, 0.25) is 5.02 Å². The van der Waals surface area contributed by atoms with Crippen molar-refractivity contribution in [1.82, 2.24) is 5.32 Å². The van der Waals surface area contributed by atoms with Crippen molar-refractivity contribution in [1.29, 1.82) is 0 Å². The first-order chi connectivity index (χ1) is 13.4. The molecule has 0 saturated carbocycles. The average Bonchev–Trinajstić information content (AvgIpc) is 3.02. The fraction of sp³-hybridized carbons (Fsp3) is 0.409. The molecule has 1 amide bonds. The molecule has 2 aromatic carbocycles. The fourth-order valence-corrected chi connectivity index (χ4v) is 3.65. The first-order valence-electron chi connectivity index (χ1n) is 9.35. The largest absolute Gasteiger partial charge is 0.493 e. The minimum Gasteiger partial charge on any atom is -0.493 e. The predicted molar refractivity (Wildman–Crippen MR) is 110 cm³/mol. The van der Waals surface area contributed by atoms with E-state index in [-0.39, 0.29) is 5.91 Å². The SMILES string of the molecule is COCCCNC(=O)c1cc2c(c(OC)c1)O[C@@](C)(Cc1ccc(Cl)cc1)C2. The third kappa shape index (κ3) is 4.78. The van der Waals surface area contributed by atoms with Crippen molar-refractivity contribution in [2.45, 2.75) is 31.8 Å². The number of nitrogens with one attached hydrogen (secondary N) is 1. The van der Waals surface area contributed by atoms with E-state index in [0.29, 0.717) is 35.9 Å². The van der Waals surface area contributed by atoms with Gasteiger partial charge in [0.2, 0.25) is 0 Å². The van der Waals surface area contributed by atoms with Gasteiger partial charge in [-0.05, 0) is 43.2 Å². The molecule has 6 heteroatoms. The molecule has 28 heavy (non-hydrogen) atoms. The summed E-state index contributed by atoms with van der Waals surface area (Å²) in [6, 6.07) is 11.4. The molecule has 5 nitrogen and oxygen atoms in total. The second kappa shape index (κ2) is 8.84. The van der Waals surface area contributed by atoms with Crippen LogP contribution in [0.5, 0.6) is 11.5 Å². The molecule has 3 rings (SSSR count). The average molecular weight is 404 g/mol. The van der Waals surface area contributed by atoms with Crippen LogP contribution < -0.4 is 14.8 Å². The van der Waals surface area contributed by atoms with Gasteiger partial charge in [0.1, 0.15) is 5.60 Å². The molecule has 0 fully saturated rings. The summed E-state index contributed by atoms with van der Waals surface area (Å²) in [6.45, 7) is 3.26. The van der Waals surface area contributed by atoms with Crippen molar-refractivity contribution in [2.24, 2.45) is 0 Å². The lowest BCUT2D eigenvalue weighted by atomic mass is 9.91. The van der Waals surface area contributed by atoms with Crippen LogP contribution in [0.4, 0.5) is 0 Å². The standard InChI is InChI=1S/C22H26ClNO4/c1-22(13-15-5-7-18(23)8-6-15)14-17-11-16(12-19(27-3)20(17)28-22)21(25)24-9-4-10-26-2/h5-8,11-12H,4,9-10,13-14H2,1-3H3,(H,24,25)/t22-/m0/s1. The van der Waals surface area contributed by atoms with E-state index in [1.807, 2.05) is 30.3 Å². The highest BCUT2D eigenvalue weighted by atomic mass is 35.5. The molecule has 0 aromatic heterocycles. The number of hydrogen-bond acceptors (Lipinski definition) is 4. The summed E-state index contributed by atoms with van der Waals surface area (Å²) in [6.07, 6.45) is 2.21. The topological polar surface area (TPSA) is 56.8 Å². The van der Waals surface area contributed by atoms with E-state index in [2.05, 4.69) is 12.2 Å². The van der Waals surface area contributed by atoms with Gasteiger partial charge in [-0.15, -0.1) is 0 Å². The Hall–Kier alpha value is -2.24. The van der Waals surface area contributed by atoms with Gasteiger partial charge in [0.25, 0.3) is 5.91 Å². The molecule has 1 aliphatic rings. The lowest BCUT2D eigenvalue weighted by Gasteiger charge is -2.24. The number of rotatable bonds is 8. The minimum absolute atomic E-state index is 0.122. The molecule has 2 aromatic rings. The van der Waals surface area contributed by atoms with Gasteiger partial charge in [0.15, 0.2) is 11.5 Å². The lowest BCUT2D eigenvalue weighted by molar-refractivity contribution is 0.0948. The summed E-state index contributed by atoms with van der Waals surface area (Å²) >= 11 is 5.98. The Bertz CT molecular complexity index is 837. The van der Waals surface area contributed by atoms with Crippen LogP contribution in [0.25, 0.3) is 0 Å². The zero-order chi connectivity index (χ0) is 20.1. The van der Waals surface area contributed by atoms with E-state index in [1.54, 1.807) is 20.3 Å². The summed E-state index contributed by atoms with van der Waals surface area (Å²) in [4.78, 5) is 12.5. The van der Waals surface area contributed by atoms with E-state index in [9.17, 15) is 4.79 Å². The predicted octanol–water partition coefficient (Wildman–Crippen LogP) is 4.05. The highest BCUT2D eigenvalue weighted by molar-refractivity contribution is 6.30. The van der Waals surface area contributed by atoms with Gasteiger partial charge in [-0.25, -0.2) is 0 Å². The molecule has 0 aliphatic carbocycles. The maximum absolute atomic E-state index is 12.5. The molecule has 0 unspecified atom stereocenters. The Kier molecular flexibility index (Phi) is 6.47. The Balaban J connectivity index is 1.76. The molecule has 0 radical (unpaired) electrons. The number of amides is 1. The number of ether oxygens (including phenoxy) is 3. The number of carbonyl (C=O) groups is 1. The first-order valence-corrected chi connectivity index (χ1v) is 9.73. The van der Waals surface area contributed by atoms with Gasteiger partial charge in [-0.3, -0.25) is 4.79 Å². The zero-order valence-electron chi connectivity index (χ0n) is 16.5. The van der Waals surface area contributed by atoms with Crippen LogP contribution in [0.1, 0.15) is 34.8 Å². The molecule has 0 saturated heterocycles. The van der Waals surface area contributed by atoms with Crippen molar-refractivity contribution in [2.75, 3.05) is 27.4 Å². The van der Waals surface area contributed by atoms with E-state index in [4.69, 9.17) is 25.8 Å². The second-order valence-corrected chi connectivity index (χ2v) is 7.74. The fourth-order valence-electron chi connectivity index (χ4n) is 3.53. The monoisotopic (exact) mass is 403 g/mol. The van der Waals surface area contributed by atoms with Crippen molar-refractivity contribution in [3.63, 3.8) is 0 Å². The molecule has 0 spiro atoms. The molecule has 0 bridgehead atoms. The van der Waals surface area contributed by atoms with Crippen LogP contribution in [-0.2, 0) is 17.6 Å². The van der Waals surface area contributed by atoms with Crippen LogP contribution in [0, 0.1) is 0 Å². The van der Waals surface area contributed by atoms with Crippen molar-refractivity contribution in [3.05, 3.63) is 58.1 Å². The molecular formula is C22H26ClNO4. The Morgan fingerprint density at radius 1 is 1.25 bits per heavy atom. The van der Waals surface area contributed by atoms with Gasteiger partial charge in [-0.1, -0.05) is 23.7 Å². The summed E-state index contributed by atoms with van der Waals surface area (Å²) in [5, 5.41) is 3.63. The van der Waals surface area contributed by atoms with Crippen molar-refractivity contribution >= 4 is 17.5 Å². The van der Waals surface area contributed by atoms with Gasteiger partial charge >= 0.3 is 0 Å². The molecule has 1 N–H and O–H groups in total. The minimum atomic E-state index is -0.406. The van der Waals surface area contributed by atoms with Crippen LogP contribution in [-0.4, -0.2) is 38.9 Å². The number of benzene rings is 2. The zero-order valence-corrected chi connectivity index (χ0v) is 17.3. The molecule has 1 aliphatic heterocycles. The highest BCUT2D eigenvalue weighted by Crippen LogP contribution is 2.44. The Labute approximate surface area is 170 Å². The Morgan fingerprint density at radius 2 is 2.00 bits per heavy atom. The van der Waals surface area contributed by atoms with Crippen LogP contribution >= 0.6 is 11.6 Å². The first kappa shape index (κ1) is 20.5. The van der Waals surface area contributed by atoms with E-state index < -0.39 is 5.60 Å². The summed E-state index contributed by atoms with van der Waals surface area (Å²) in [7, 11) is 3.24. The third-order valence-electron chi connectivity index (χ3n) is 4.83. The van der Waals surface area contributed by atoms with Gasteiger partial charge < -0.3 is 19.5 Å². The smallest absolute Gasteiger partial charge is 0.251 e. The van der Waals surface area contributed by atoms with Gasteiger partial charge in [-0.2, -0.15) is 0 Å². The van der Waals surface area contributed by atoms with E-state index >= 15 is 0 Å². The van der Waals surface area contributed by atoms with E-state index in [1.165, 1.54) is 0 Å². The van der Waals surface area contributed by atoms with Gasteiger partial charge in [0, 0.05) is 49.3 Å². The summed E-state index contributed by atoms with van der Waals surface area (Å²) in [5.41, 5.74) is 2.30. The second-order valence-electron chi connectivity index (χ2n) is 7.30. The maximum atomic E-state index is 12.5. The highest BCUT2D eigenvalue weighted by Gasteiger charge is 2.37. The van der Waals surface area contributed by atoms with Gasteiger partial charge in [0.05, 0.1) is 7.11 Å². The summed E-state index contributed by atoms with van der Waals surface area (Å²) < 4.78 is 16.8. The van der Waals surface area contributed by atoms with E-state index in [0.717, 1.165) is 29.7 Å². The van der Waals surface area contributed by atoms with Crippen LogP contribution in [0.15, 0.2) is 36.4 Å². The normalized spacial score (nSPS) is 17.7.